The van der Waals surface area contributed by atoms with Gasteiger partial charge in [0.15, 0.2) is 0 Å². The van der Waals surface area contributed by atoms with Gasteiger partial charge in [-0.15, -0.1) is 0 Å². The van der Waals surface area contributed by atoms with Gasteiger partial charge in [0, 0.05) is 6.54 Å². The molecular weight excluding hydrogens is 364 g/mol. The van der Waals surface area contributed by atoms with Crippen LogP contribution in [0.3, 0.4) is 0 Å². The van der Waals surface area contributed by atoms with Crippen molar-refractivity contribution in [2.45, 2.75) is 19.4 Å². The molecule has 3 rings (SSSR count). The summed E-state index contributed by atoms with van der Waals surface area (Å²) in [6.45, 7) is 2.17. The Morgan fingerprint density at radius 1 is 1.19 bits per heavy atom. The van der Waals surface area contributed by atoms with Gasteiger partial charge in [0.05, 0.1) is 24.3 Å². The number of carbonyl (C=O) groups excluding carboxylic acids is 1. The van der Waals surface area contributed by atoms with Gasteiger partial charge in [-0.3, -0.25) is 13.5 Å². The van der Waals surface area contributed by atoms with E-state index in [1.165, 1.54) is 15.5 Å². The van der Waals surface area contributed by atoms with E-state index in [4.69, 9.17) is 9.47 Å². The fraction of sp³-hybridized carbons (Fsp3) is 0.300. The lowest BCUT2D eigenvalue weighted by Gasteiger charge is -2.14. The molecular formula is C20H22N2O4S. The minimum absolute atomic E-state index is 0.132. The van der Waals surface area contributed by atoms with Crippen LogP contribution in [0.15, 0.2) is 47.3 Å². The molecule has 0 bridgehead atoms. The molecule has 2 aromatic carbocycles. The number of amides is 1. The van der Waals surface area contributed by atoms with Gasteiger partial charge in [-0.05, 0) is 49.2 Å². The van der Waals surface area contributed by atoms with Gasteiger partial charge in [-0.1, -0.05) is 23.7 Å². The molecule has 0 saturated heterocycles. The van der Waals surface area contributed by atoms with Crippen molar-refractivity contribution >= 4 is 27.5 Å². The topological polar surface area (TPSA) is 69.6 Å². The Balaban J connectivity index is 1.67. The standard InChI is InChI=1S/C20H22N2O4S/c1-13(22-20(24)16-6-4-5-7-18(16)27-22)19(23)21-11-10-14-12-15(25-2)8-9-17(14)26-3/h4-9,12-13H,10-11H2,1-3H3,(H,21,23)/t13-/m1/s1. The second kappa shape index (κ2) is 8.26. The van der Waals surface area contributed by atoms with E-state index >= 15 is 0 Å². The number of methoxy groups -OCH3 is 2. The van der Waals surface area contributed by atoms with Crippen molar-refractivity contribution < 1.29 is 14.3 Å². The first-order chi connectivity index (χ1) is 13.0. The predicted molar refractivity (Wildman–Crippen MR) is 107 cm³/mol. The largest absolute Gasteiger partial charge is 0.497 e. The van der Waals surface area contributed by atoms with E-state index < -0.39 is 6.04 Å². The summed E-state index contributed by atoms with van der Waals surface area (Å²) >= 11 is 1.31. The van der Waals surface area contributed by atoms with Crippen LogP contribution in [0.5, 0.6) is 11.5 Å². The van der Waals surface area contributed by atoms with Gasteiger partial charge in [0.2, 0.25) is 5.91 Å². The lowest BCUT2D eigenvalue weighted by Crippen LogP contribution is -2.34. The van der Waals surface area contributed by atoms with Gasteiger partial charge in [-0.25, -0.2) is 0 Å². The monoisotopic (exact) mass is 386 g/mol. The molecule has 1 aromatic heterocycles. The number of hydrogen-bond acceptors (Lipinski definition) is 5. The molecule has 1 amide bonds. The highest BCUT2D eigenvalue weighted by Gasteiger charge is 2.19. The first-order valence-electron chi connectivity index (χ1n) is 8.64. The van der Waals surface area contributed by atoms with Crippen LogP contribution in [0.2, 0.25) is 0 Å². The van der Waals surface area contributed by atoms with E-state index in [9.17, 15) is 9.59 Å². The van der Waals surface area contributed by atoms with Crippen LogP contribution >= 0.6 is 11.5 Å². The van der Waals surface area contributed by atoms with Gasteiger partial charge < -0.3 is 14.8 Å². The van der Waals surface area contributed by atoms with E-state index in [-0.39, 0.29) is 11.5 Å². The summed E-state index contributed by atoms with van der Waals surface area (Å²) < 4.78 is 13.0. The number of hydrogen-bond donors (Lipinski definition) is 1. The van der Waals surface area contributed by atoms with Crippen LogP contribution in [0.1, 0.15) is 18.5 Å². The first-order valence-corrected chi connectivity index (χ1v) is 9.41. The van der Waals surface area contributed by atoms with Crippen molar-refractivity contribution in [1.29, 1.82) is 0 Å². The minimum Gasteiger partial charge on any atom is -0.497 e. The zero-order chi connectivity index (χ0) is 19.4. The molecule has 3 aromatic rings. The smallest absolute Gasteiger partial charge is 0.269 e. The second-order valence-corrected chi connectivity index (χ2v) is 7.13. The molecule has 7 heteroatoms. The molecule has 0 fully saturated rings. The Morgan fingerprint density at radius 3 is 2.67 bits per heavy atom. The molecule has 0 aliphatic carbocycles. The zero-order valence-electron chi connectivity index (χ0n) is 15.5. The van der Waals surface area contributed by atoms with Crippen molar-refractivity contribution in [1.82, 2.24) is 9.27 Å². The highest BCUT2D eigenvalue weighted by Crippen LogP contribution is 2.24. The number of nitrogens with zero attached hydrogens (tertiary/aromatic N) is 1. The summed E-state index contributed by atoms with van der Waals surface area (Å²) in [5, 5.41) is 3.54. The van der Waals surface area contributed by atoms with Crippen LogP contribution in [0, 0.1) is 0 Å². The number of rotatable bonds is 7. The van der Waals surface area contributed by atoms with E-state index in [1.807, 2.05) is 36.4 Å². The average Bonchev–Trinajstić information content (AvgIpc) is 3.04. The molecule has 0 saturated carbocycles. The molecule has 1 atom stereocenters. The van der Waals surface area contributed by atoms with Gasteiger partial charge >= 0.3 is 0 Å². The first kappa shape index (κ1) is 19.0. The molecule has 0 spiro atoms. The van der Waals surface area contributed by atoms with Crippen molar-refractivity contribution in [3.8, 4) is 11.5 Å². The number of aromatic nitrogens is 1. The molecule has 1 N–H and O–H groups in total. The fourth-order valence-corrected chi connectivity index (χ4v) is 3.94. The Bertz CT molecular complexity index is 1010. The van der Waals surface area contributed by atoms with Crippen LogP contribution in [0.25, 0.3) is 10.1 Å². The molecule has 0 aliphatic heterocycles. The Morgan fingerprint density at radius 2 is 1.96 bits per heavy atom. The summed E-state index contributed by atoms with van der Waals surface area (Å²) in [7, 11) is 3.22. The number of carbonyl (C=O) groups is 1. The third-order valence-electron chi connectivity index (χ3n) is 4.43. The lowest BCUT2D eigenvalue weighted by atomic mass is 10.1. The van der Waals surface area contributed by atoms with Crippen LogP contribution in [0.4, 0.5) is 0 Å². The molecule has 142 valence electrons. The maximum Gasteiger partial charge on any atom is 0.269 e. The van der Waals surface area contributed by atoms with E-state index in [0.29, 0.717) is 18.4 Å². The van der Waals surface area contributed by atoms with Crippen molar-refractivity contribution in [3.05, 3.63) is 58.4 Å². The summed E-state index contributed by atoms with van der Waals surface area (Å²) in [6.07, 6.45) is 0.597. The SMILES string of the molecule is COc1ccc(OC)c(CCNC(=O)[C@@H](C)n2sc3ccccc3c2=O)c1. The normalized spacial score (nSPS) is 12.0. The Hall–Kier alpha value is -2.80. The lowest BCUT2D eigenvalue weighted by molar-refractivity contribution is -0.123. The average molecular weight is 386 g/mol. The highest BCUT2D eigenvalue weighted by atomic mass is 32.1. The van der Waals surface area contributed by atoms with E-state index in [0.717, 1.165) is 21.8 Å². The van der Waals surface area contributed by atoms with Crippen LogP contribution in [-0.2, 0) is 11.2 Å². The van der Waals surface area contributed by atoms with Gasteiger partial charge in [-0.2, -0.15) is 0 Å². The number of benzene rings is 2. The molecule has 6 nitrogen and oxygen atoms in total. The third kappa shape index (κ3) is 3.98. The number of nitrogens with one attached hydrogen (secondary N) is 1. The summed E-state index contributed by atoms with van der Waals surface area (Å²) in [6, 6.07) is 12.4. The predicted octanol–water partition coefficient (Wildman–Crippen LogP) is 3.00. The quantitative estimate of drug-likeness (QED) is 0.678. The Labute approximate surface area is 161 Å². The van der Waals surface area contributed by atoms with E-state index in [2.05, 4.69) is 5.32 Å². The van der Waals surface area contributed by atoms with Crippen LogP contribution < -0.4 is 20.3 Å². The molecule has 0 radical (unpaired) electrons. The van der Waals surface area contributed by atoms with Crippen molar-refractivity contribution in [3.63, 3.8) is 0 Å². The maximum absolute atomic E-state index is 12.5. The highest BCUT2D eigenvalue weighted by molar-refractivity contribution is 7.14. The summed E-state index contributed by atoms with van der Waals surface area (Å²) in [5.74, 6) is 1.30. The third-order valence-corrected chi connectivity index (χ3v) is 5.66. The van der Waals surface area contributed by atoms with E-state index in [1.54, 1.807) is 27.2 Å². The number of fused-ring (bicyclic) bond motifs is 1. The molecule has 0 aliphatic rings. The second-order valence-electron chi connectivity index (χ2n) is 6.11. The van der Waals surface area contributed by atoms with Crippen LogP contribution in [-0.4, -0.2) is 30.6 Å². The zero-order valence-corrected chi connectivity index (χ0v) is 16.3. The Kier molecular flexibility index (Phi) is 5.81. The summed E-state index contributed by atoms with van der Waals surface area (Å²) in [4.78, 5) is 25.0. The summed E-state index contributed by atoms with van der Waals surface area (Å²) in [5.41, 5.74) is 0.816. The maximum atomic E-state index is 12.5. The molecule has 1 heterocycles. The van der Waals surface area contributed by atoms with Crippen molar-refractivity contribution in [2.24, 2.45) is 0 Å². The van der Waals surface area contributed by atoms with Gasteiger partial charge in [0.25, 0.3) is 5.56 Å². The molecule has 27 heavy (non-hydrogen) atoms. The number of ether oxygens (including phenoxy) is 2. The van der Waals surface area contributed by atoms with Crippen molar-refractivity contribution in [2.75, 3.05) is 20.8 Å². The van der Waals surface area contributed by atoms with Gasteiger partial charge in [0.1, 0.15) is 17.5 Å². The molecule has 0 unspecified atom stereocenters. The fourth-order valence-electron chi connectivity index (χ4n) is 2.90. The minimum atomic E-state index is -0.567.